The third-order valence-corrected chi connectivity index (χ3v) is 6.88. The Morgan fingerprint density at radius 3 is 2.72 bits per heavy atom. The Labute approximate surface area is 194 Å². The van der Waals surface area contributed by atoms with E-state index < -0.39 is 36.6 Å². The Morgan fingerprint density at radius 2 is 2.00 bits per heavy atom. The molecule has 1 unspecified atom stereocenters. The first kappa shape index (κ1) is 23.1. The number of benzene rings is 1. The maximum absolute atomic E-state index is 10.6. The van der Waals surface area contributed by atoms with Gasteiger partial charge in [0.2, 0.25) is 0 Å². The summed E-state index contributed by atoms with van der Waals surface area (Å²) in [5.41, 5.74) is 1.34. The van der Waals surface area contributed by atoms with Crippen molar-refractivity contribution in [2.45, 2.75) is 49.5 Å². The van der Waals surface area contributed by atoms with Crippen molar-refractivity contribution in [3.05, 3.63) is 76.6 Å². The molecule has 6 atom stereocenters. The predicted molar refractivity (Wildman–Crippen MR) is 121 cm³/mol. The molecule has 0 bridgehead atoms. The van der Waals surface area contributed by atoms with Gasteiger partial charge in [-0.05, 0) is 35.7 Å². The second kappa shape index (κ2) is 9.84. The highest BCUT2D eigenvalue weighted by Crippen LogP contribution is 2.36. The van der Waals surface area contributed by atoms with Crippen LogP contribution in [0.5, 0.6) is 0 Å². The summed E-state index contributed by atoms with van der Waals surface area (Å²) < 4.78 is 11.3. The molecular weight excluding hydrogens is 454 g/mol. The topological polar surface area (TPSA) is 116 Å². The van der Waals surface area contributed by atoms with Crippen LogP contribution in [0.2, 0.25) is 5.02 Å². The van der Waals surface area contributed by atoms with Crippen LogP contribution in [0.15, 0.2) is 59.9 Å². The lowest BCUT2D eigenvalue weighted by molar-refractivity contribution is -0.245. The molecule has 4 N–H and O–H groups in total. The smallest absolute Gasteiger partial charge is 0.145 e. The number of hydrogen-bond donors (Lipinski definition) is 4. The molecule has 9 heteroatoms. The van der Waals surface area contributed by atoms with Gasteiger partial charge < -0.3 is 29.6 Å². The van der Waals surface area contributed by atoms with Crippen LogP contribution in [-0.4, -0.2) is 55.9 Å². The lowest BCUT2D eigenvalue weighted by atomic mass is 9.88. The number of furan rings is 1. The molecule has 0 spiro atoms. The summed E-state index contributed by atoms with van der Waals surface area (Å²) in [5.74, 6) is 0.740. The van der Waals surface area contributed by atoms with Crippen LogP contribution in [0.4, 0.5) is 0 Å². The van der Waals surface area contributed by atoms with Crippen molar-refractivity contribution in [2.24, 2.45) is 0 Å². The molecule has 0 aliphatic carbocycles. The van der Waals surface area contributed by atoms with Crippen LogP contribution < -0.4 is 0 Å². The van der Waals surface area contributed by atoms with Crippen molar-refractivity contribution in [3.8, 4) is 10.6 Å². The number of aromatic nitrogens is 1. The van der Waals surface area contributed by atoms with Crippen LogP contribution in [-0.2, 0) is 11.2 Å². The van der Waals surface area contributed by atoms with Gasteiger partial charge in [-0.3, -0.25) is 0 Å². The summed E-state index contributed by atoms with van der Waals surface area (Å²) in [6, 6.07) is 8.84. The van der Waals surface area contributed by atoms with Gasteiger partial charge in [-0.25, -0.2) is 4.98 Å². The van der Waals surface area contributed by atoms with Crippen molar-refractivity contribution in [3.63, 3.8) is 0 Å². The zero-order valence-corrected chi connectivity index (χ0v) is 18.6. The molecule has 7 nitrogen and oxygen atoms in total. The third-order valence-electron chi connectivity index (χ3n) is 5.50. The van der Waals surface area contributed by atoms with E-state index in [0.29, 0.717) is 17.0 Å². The highest BCUT2D eigenvalue weighted by molar-refractivity contribution is 7.15. The lowest BCUT2D eigenvalue weighted by Crippen LogP contribution is -2.57. The average molecular weight is 478 g/mol. The van der Waals surface area contributed by atoms with Crippen molar-refractivity contribution >= 4 is 22.9 Å². The van der Waals surface area contributed by atoms with Crippen LogP contribution in [0.3, 0.4) is 0 Å². The standard InChI is InChI=1S/C23H24ClNO6S/c1-2-4-15(26)23-21(29)19(27)20(28)22(31-23)12-6-7-14(24)13(9-12)10-18-25-11-17(32-18)16-5-3-8-30-16/h2-3,5-9,11,15,19-23,26-29H,1,4,10H2/t15?,19-,20-,21+,22+,23-/m1/s1. The van der Waals surface area contributed by atoms with E-state index >= 15 is 0 Å². The van der Waals surface area contributed by atoms with Crippen molar-refractivity contribution in [1.29, 1.82) is 0 Å². The molecule has 0 saturated carbocycles. The zero-order chi connectivity index (χ0) is 22.8. The number of aliphatic hydroxyl groups excluding tert-OH is 4. The van der Waals surface area contributed by atoms with E-state index in [4.69, 9.17) is 20.8 Å². The van der Waals surface area contributed by atoms with E-state index in [0.717, 1.165) is 21.2 Å². The Balaban J connectivity index is 1.58. The number of nitrogens with zero attached hydrogens (tertiary/aromatic N) is 1. The molecule has 1 fully saturated rings. The molecule has 1 aliphatic rings. The average Bonchev–Trinajstić information content (AvgIpc) is 3.46. The highest BCUT2D eigenvalue weighted by atomic mass is 35.5. The zero-order valence-electron chi connectivity index (χ0n) is 17.0. The fourth-order valence-electron chi connectivity index (χ4n) is 3.80. The van der Waals surface area contributed by atoms with E-state index in [1.807, 2.05) is 12.1 Å². The van der Waals surface area contributed by atoms with Crippen molar-refractivity contribution in [2.75, 3.05) is 0 Å². The van der Waals surface area contributed by atoms with Crippen LogP contribution >= 0.6 is 22.9 Å². The second-order valence-electron chi connectivity index (χ2n) is 7.71. The maximum atomic E-state index is 10.6. The largest absolute Gasteiger partial charge is 0.463 e. The molecule has 3 aromatic rings. The third kappa shape index (κ3) is 4.67. The Kier molecular flexibility index (Phi) is 7.11. The van der Waals surface area contributed by atoms with E-state index in [1.165, 1.54) is 17.4 Å². The molecule has 2 aromatic heterocycles. The van der Waals surface area contributed by atoms with Gasteiger partial charge in [0.05, 0.1) is 22.3 Å². The molecular formula is C23H24ClNO6S. The molecule has 1 saturated heterocycles. The summed E-state index contributed by atoms with van der Waals surface area (Å²) >= 11 is 7.90. The Bertz CT molecular complexity index is 1050. The molecule has 0 radical (unpaired) electrons. The van der Waals surface area contributed by atoms with Gasteiger partial charge in [0.25, 0.3) is 0 Å². The van der Waals surface area contributed by atoms with E-state index in [2.05, 4.69) is 11.6 Å². The first-order valence-corrected chi connectivity index (χ1v) is 11.3. The predicted octanol–water partition coefficient (Wildman–Crippen LogP) is 3.11. The first-order chi connectivity index (χ1) is 15.4. The Morgan fingerprint density at radius 1 is 1.19 bits per heavy atom. The quantitative estimate of drug-likeness (QED) is 0.386. The number of hydrogen-bond acceptors (Lipinski definition) is 8. The van der Waals surface area contributed by atoms with Crippen LogP contribution in [0, 0.1) is 0 Å². The van der Waals surface area contributed by atoms with Gasteiger partial charge in [-0.2, -0.15) is 0 Å². The van der Waals surface area contributed by atoms with Gasteiger partial charge in [0.1, 0.15) is 36.3 Å². The summed E-state index contributed by atoms with van der Waals surface area (Å²) in [5, 5.41) is 42.9. The molecule has 4 rings (SSSR count). The summed E-state index contributed by atoms with van der Waals surface area (Å²) in [7, 11) is 0. The van der Waals surface area contributed by atoms with Gasteiger partial charge in [0.15, 0.2) is 0 Å². The van der Waals surface area contributed by atoms with Crippen molar-refractivity contribution in [1.82, 2.24) is 4.98 Å². The number of rotatable bonds is 7. The minimum Gasteiger partial charge on any atom is -0.463 e. The first-order valence-electron chi connectivity index (χ1n) is 10.1. The monoisotopic (exact) mass is 477 g/mol. The van der Waals surface area contributed by atoms with Gasteiger partial charge in [-0.15, -0.1) is 17.9 Å². The van der Waals surface area contributed by atoms with E-state index in [9.17, 15) is 20.4 Å². The maximum Gasteiger partial charge on any atom is 0.145 e. The fraction of sp³-hybridized carbons (Fsp3) is 0.348. The number of ether oxygens (including phenoxy) is 1. The van der Waals surface area contributed by atoms with Gasteiger partial charge in [-0.1, -0.05) is 29.8 Å². The normalized spacial score (nSPS) is 26.7. The van der Waals surface area contributed by atoms with Crippen LogP contribution in [0.25, 0.3) is 10.6 Å². The molecule has 170 valence electrons. The van der Waals surface area contributed by atoms with E-state index in [-0.39, 0.29) is 6.42 Å². The van der Waals surface area contributed by atoms with Crippen molar-refractivity contribution < 1.29 is 29.6 Å². The molecule has 3 heterocycles. The minimum absolute atomic E-state index is 0.172. The number of halogens is 1. The summed E-state index contributed by atoms with van der Waals surface area (Å²) in [6.45, 7) is 3.58. The molecule has 1 aromatic carbocycles. The fourth-order valence-corrected chi connectivity index (χ4v) is 4.89. The Hall–Kier alpha value is -2.04. The van der Waals surface area contributed by atoms with Gasteiger partial charge >= 0.3 is 0 Å². The second-order valence-corrected chi connectivity index (χ2v) is 9.23. The number of thiazole rings is 1. The SMILES string of the molecule is C=CCC(O)[C@H]1O[C@@H](c2ccc(Cl)c(Cc3ncc(-c4ccco4)s3)c2)[C@H](O)[C@@H](O)[C@@H]1O. The molecule has 1 aliphatic heterocycles. The minimum atomic E-state index is -1.48. The van der Waals surface area contributed by atoms with Gasteiger partial charge in [0, 0.05) is 17.6 Å². The summed E-state index contributed by atoms with van der Waals surface area (Å²) in [6.07, 6.45) is -1.92. The molecule has 32 heavy (non-hydrogen) atoms. The summed E-state index contributed by atoms with van der Waals surface area (Å²) in [4.78, 5) is 5.35. The number of aliphatic hydroxyl groups is 4. The van der Waals surface area contributed by atoms with Crippen LogP contribution in [0.1, 0.15) is 28.7 Å². The lowest BCUT2D eigenvalue weighted by Gasteiger charge is -2.42. The van der Waals surface area contributed by atoms with E-state index in [1.54, 1.807) is 30.7 Å². The molecule has 0 amide bonds. The highest BCUT2D eigenvalue weighted by Gasteiger charge is 2.46.